The van der Waals surface area contributed by atoms with Crippen molar-refractivity contribution in [2.24, 2.45) is 0 Å². The molecule has 0 amide bonds. The van der Waals surface area contributed by atoms with Crippen molar-refractivity contribution in [3.63, 3.8) is 0 Å². The predicted octanol–water partition coefficient (Wildman–Crippen LogP) is -0.748. The Bertz CT molecular complexity index is 29.0. The molecule has 3 heteroatoms. The van der Waals surface area contributed by atoms with Gasteiger partial charge in [0.1, 0.15) is 0 Å². The summed E-state index contributed by atoms with van der Waals surface area (Å²) in [6.45, 7) is 0. The van der Waals surface area contributed by atoms with E-state index in [1.165, 1.54) is 0 Å². The number of carbonyl (C=O) groups excluding carboxylic acids is 1. The molecule has 0 rings (SSSR count). The molecule has 2 nitrogen and oxygen atoms in total. The standard InChI is InChI=1S/CHNO.Li.H/c2-1-3;;/h2H;;. The van der Waals surface area contributed by atoms with Crippen LogP contribution in [0, 0.1) is 5.41 Å². The van der Waals surface area contributed by atoms with Crippen LogP contribution in [0.3, 0.4) is 0 Å². The van der Waals surface area contributed by atoms with E-state index >= 15 is 0 Å². The van der Waals surface area contributed by atoms with E-state index in [9.17, 15) is 0 Å². The van der Waals surface area contributed by atoms with Gasteiger partial charge in [-0.25, -0.2) is 10.2 Å². The van der Waals surface area contributed by atoms with Crippen molar-refractivity contribution in [3.05, 3.63) is 0 Å². The fraction of sp³-hybridized carbons (Fsp3) is 0. The van der Waals surface area contributed by atoms with Gasteiger partial charge in [-0.2, -0.15) is 0 Å². The molecule has 0 heterocycles. The number of hydrogen-bond donors (Lipinski definition) is 1. The van der Waals surface area contributed by atoms with Gasteiger partial charge in [-0.05, 0) is 0 Å². The third-order valence-corrected chi connectivity index (χ3v) is 0. The summed E-state index contributed by atoms with van der Waals surface area (Å²) in [4.78, 5) is 8.35. The molecule has 4 heavy (non-hydrogen) atoms. The summed E-state index contributed by atoms with van der Waals surface area (Å²) in [5.74, 6) is 0. The molecule has 0 saturated carbocycles. The molecule has 0 aliphatic carbocycles. The number of rotatable bonds is 0. The molecule has 0 bridgehead atoms. The predicted molar refractivity (Wildman–Crippen MR) is 15.6 cm³/mol. The van der Waals surface area contributed by atoms with Gasteiger partial charge in [-0.15, -0.1) is 0 Å². The molecule has 0 atom stereocenters. The zero-order valence-corrected chi connectivity index (χ0v) is 1.41. The van der Waals surface area contributed by atoms with Crippen molar-refractivity contribution in [1.82, 2.24) is 0 Å². The van der Waals surface area contributed by atoms with E-state index in [0.717, 1.165) is 6.08 Å². The molecule has 0 aliphatic rings. The summed E-state index contributed by atoms with van der Waals surface area (Å²) in [6, 6.07) is 0. The van der Waals surface area contributed by atoms with Gasteiger partial charge < -0.3 is 0 Å². The van der Waals surface area contributed by atoms with E-state index in [1.54, 1.807) is 0 Å². The van der Waals surface area contributed by atoms with Crippen LogP contribution in [-0.2, 0) is 4.79 Å². The monoisotopic (exact) mass is 51.0 g/mol. The molecule has 0 aromatic rings. The molecular weight excluding hydrogens is 49.0 g/mol. The van der Waals surface area contributed by atoms with E-state index in [1.807, 2.05) is 0 Å². The Morgan fingerprint density at radius 1 is 1.75 bits per heavy atom. The minimum absolute atomic E-state index is 0. The van der Waals surface area contributed by atoms with Gasteiger partial charge in [-0.1, -0.05) is 0 Å². The van der Waals surface area contributed by atoms with E-state index in [2.05, 4.69) is 0 Å². The topological polar surface area (TPSA) is 40.9 Å². The maximum absolute atomic E-state index is 8.35. The van der Waals surface area contributed by atoms with E-state index in [-0.39, 0.29) is 18.9 Å². The van der Waals surface area contributed by atoms with Gasteiger partial charge in [0.2, 0.25) is 6.08 Å². The molecule has 0 aliphatic heterocycles. The number of isocyanates is 1. The molecule has 0 fully saturated rings. The van der Waals surface area contributed by atoms with Gasteiger partial charge in [0.25, 0.3) is 0 Å². The van der Waals surface area contributed by atoms with E-state index < -0.39 is 0 Å². The van der Waals surface area contributed by atoms with E-state index in [4.69, 9.17) is 10.2 Å². The SMILES string of the molecule is N=C=O.[LiH]. The van der Waals surface area contributed by atoms with Gasteiger partial charge in [0.15, 0.2) is 0 Å². The fourth-order valence-corrected chi connectivity index (χ4v) is 0. The first-order valence-corrected chi connectivity index (χ1v) is 0.454. The molecule has 0 aromatic carbocycles. The third kappa shape index (κ3) is 3700. The molecule has 18 valence electrons. The first-order chi connectivity index (χ1) is 1.41. The molecule has 0 saturated heterocycles. The van der Waals surface area contributed by atoms with Crippen LogP contribution in [0.15, 0.2) is 0 Å². The summed E-state index contributed by atoms with van der Waals surface area (Å²) >= 11 is 0. The Hall–Kier alpha value is -0.0226. The van der Waals surface area contributed by atoms with Crippen LogP contribution in [0.4, 0.5) is 0 Å². The van der Waals surface area contributed by atoms with Crippen LogP contribution < -0.4 is 0 Å². The van der Waals surface area contributed by atoms with Crippen molar-refractivity contribution >= 4 is 24.9 Å². The first-order valence-electron chi connectivity index (χ1n) is 0.454. The second kappa shape index (κ2) is 12.2. The van der Waals surface area contributed by atoms with Crippen molar-refractivity contribution < 1.29 is 4.79 Å². The summed E-state index contributed by atoms with van der Waals surface area (Å²) in [5.41, 5.74) is 0. The summed E-state index contributed by atoms with van der Waals surface area (Å²) in [6.07, 6.45) is 0.750. The Labute approximate surface area is 35.9 Å². The molecule has 0 radical (unpaired) electrons. The second-order valence-corrected chi connectivity index (χ2v) is 0.102. The number of nitrogens with one attached hydrogen (secondary N) is 1. The van der Waals surface area contributed by atoms with Crippen LogP contribution in [0.1, 0.15) is 0 Å². The third-order valence-electron chi connectivity index (χ3n) is 0. The zero-order chi connectivity index (χ0) is 2.71. The Balaban J connectivity index is 0. The van der Waals surface area contributed by atoms with Crippen molar-refractivity contribution in [1.29, 1.82) is 5.41 Å². The van der Waals surface area contributed by atoms with Crippen LogP contribution in [0.2, 0.25) is 0 Å². The van der Waals surface area contributed by atoms with Crippen molar-refractivity contribution in [2.45, 2.75) is 0 Å². The second-order valence-electron chi connectivity index (χ2n) is 0.102. The summed E-state index contributed by atoms with van der Waals surface area (Å²) < 4.78 is 0. The molecule has 0 spiro atoms. The molecule has 0 aromatic heterocycles. The normalized spacial score (nSPS) is 2.00. The van der Waals surface area contributed by atoms with Crippen molar-refractivity contribution in [3.8, 4) is 0 Å². The Morgan fingerprint density at radius 3 is 1.75 bits per heavy atom. The zero-order valence-electron chi connectivity index (χ0n) is 1.41. The van der Waals surface area contributed by atoms with E-state index in [0.29, 0.717) is 0 Å². The average molecular weight is 51.0 g/mol. The summed E-state index contributed by atoms with van der Waals surface area (Å²) in [5, 5.41) is 5.40. The Morgan fingerprint density at radius 2 is 1.75 bits per heavy atom. The van der Waals surface area contributed by atoms with Crippen LogP contribution in [0.5, 0.6) is 0 Å². The van der Waals surface area contributed by atoms with Gasteiger partial charge >= 0.3 is 18.9 Å². The van der Waals surface area contributed by atoms with Gasteiger partial charge in [0, 0.05) is 0 Å². The first kappa shape index (κ1) is 9.02. The number of hydrogen-bond acceptors (Lipinski definition) is 2. The van der Waals surface area contributed by atoms with Crippen LogP contribution in [0.25, 0.3) is 0 Å². The van der Waals surface area contributed by atoms with Crippen LogP contribution in [-0.4, -0.2) is 24.9 Å². The van der Waals surface area contributed by atoms with Gasteiger partial charge in [-0.3, -0.25) is 0 Å². The molecule has 1 N–H and O–H groups in total. The summed E-state index contributed by atoms with van der Waals surface area (Å²) in [7, 11) is 0. The Kier molecular flexibility index (Phi) is 27.5. The van der Waals surface area contributed by atoms with Gasteiger partial charge in [0.05, 0.1) is 0 Å². The molecule has 0 unspecified atom stereocenters. The quantitative estimate of drug-likeness (QED) is 0.219. The van der Waals surface area contributed by atoms with Crippen LogP contribution >= 0.6 is 0 Å². The van der Waals surface area contributed by atoms with Crippen molar-refractivity contribution in [2.75, 3.05) is 0 Å². The fourth-order valence-electron chi connectivity index (χ4n) is 0. The maximum atomic E-state index is 8.35. The molecular formula is CH2LiNO. The minimum atomic E-state index is 0. The average Bonchev–Trinajstić information content (AvgIpc) is 0.918.